The van der Waals surface area contributed by atoms with Gasteiger partial charge in [-0.1, -0.05) is 11.3 Å². The topological polar surface area (TPSA) is 80.9 Å². The molecule has 5 nitrogen and oxygen atoms in total. The van der Waals surface area contributed by atoms with Crippen molar-refractivity contribution in [2.45, 2.75) is 6.92 Å². The molecule has 0 saturated heterocycles. The number of carbonyl (C=O) groups excluding carboxylic acids is 1. The molecule has 0 saturated carbocycles. The molecule has 0 spiro atoms. The van der Waals surface area contributed by atoms with Gasteiger partial charge in [-0.05, 0) is 25.1 Å². The van der Waals surface area contributed by atoms with E-state index in [1.807, 2.05) is 0 Å². The van der Waals surface area contributed by atoms with Crippen molar-refractivity contribution in [2.75, 3.05) is 11.1 Å². The van der Waals surface area contributed by atoms with Crippen molar-refractivity contribution >= 4 is 28.1 Å². The summed E-state index contributed by atoms with van der Waals surface area (Å²) in [6.45, 7) is 1.76. The first-order chi connectivity index (χ1) is 8.06. The minimum Gasteiger partial charge on any atom is -0.399 e. The van der Waals surface area contributed by atoms with Gasteiger partial charge >= 0.3 is 0 Å². The number of aromatic nitrogens is 2. The predicted molar refractivity (Wildman–Crippen MR) is 63.4 cm³/mol. The highest BCUT2D eigenvalue weighted by molar-refractivity contribution is 7.15. The van der Waals surface area contributed by atoms with Gasteiger partial charge in [0.2, 0.25) is 5.13 Å². The second-order valence-corrected chi connectivity index (χ2v) is 4.50. The number of hydrogen-bond donors (Lipinski definition) is 2. The highest BCUT2D eigenvalue weighted by Gasteiger charge is 2.13. The molecule has 2 rings (SSSR count). The second kappa shape index (κ2) is 4.46. The van der Waals surface area contributed by atoms with Crippen LogP contribution in [0.15, 0.2) is 18.2 Å². The van der Waals surface area contributed by atoms with Gasteiger partial charge in [-0.2, -0.15) is 0 Å². The van der Waals surface area contributed by atoms with E-state index in [1.54, 1.807) is 6.92 Å². The molecule has 88 valence electrons. The van der Waals surface area contributed by atoms with E-state index in [0.717, 1.165) is 6.07 Å². The van der Waals surface area contributed by atoms with Crippen LogP contribution in [0.2, 0.25) is 0 Å². The number of amides is 1. The van der Waals surface area contributed by atoms with Crippen molar-refractivity contribution < 1.29 is 9.18 Å². The van der Waals surface area contributed by atoms with Gasteiger partial charge in [0.1, 0.15) is 10.8 Å². The van der Waals surface area contributed by atoms with Gasteiger partial charge in [-0.3, -0.25) is 10.1 Å². The fourth-order valence-corrected chi connectivity index (χ4v) is 1.82. The zero-order valence-corrected chi connectivity index (χ0v) is 9.71. The number of nitrogens with one attached hydrogen (secondary N) is 1. The summed E-state index contributed by atoms with van der Waals surface area (Å²) in [6, 6.07) is 3.81. The predicted octanol–water partition coefficient (Wildman–Crippen LogP) is 1.82. The average molecular weight is 252 g/mol. The Morgan fingerprint density at radius 2 is 2.24 bits per heavy atom. The molecule has 0 unspecified atom stereocenters. The molecule has 2 aromatic rings. The van der Waals surface area contributed by atoms with Crippen molar-refractivity contribution in [2.24, 2.45) is 0 Å². The zero-order valence-electron chi connectivity index (χ0n) is 8.90. The highest BCUT2D eigenvalue weighted by atomic mass is 32.1. The number of anilines is 2. The van der Waals surface area contributed by atoms with E-state index in [4.69, 9.17) is 5.73 Å². The summed E-state index contributed by atoms with van der Waals surface area (Å²) in [5, 5.41) is 11.0. The van der Waals surface area contributed by atoms with Crippen LogP contribution in [-0.2, 0) is 0 Å². The number of benzene rings is 1. The summed E-state index contributed by atoms with van der Waals surface area (Å²) in [7, 11) is 0. The Balaban J connectivity index is 2.22. The summed E-state index contributed by atoms with van der Waals surface area (Å²) in [4.78, 5) is 11.7. The van der Waals surface area contributed by atoms with Crippen LogP contribution in [-0.4, -0.2) is 16.1 Å². The molecule has 0 aliphatic carbocycles. The van der Waals surface area contributed by atoms with Gasteiger partial charge < -0.3 is 5.73 Å². The lowest BCUT2D eigenvalue weighted by Gasteiger charge is -2.03. The van der Waals surface area contributed by atoms with Crippen molar-refractivity contribution in [1.29, 1.82) is 0 Å². The molecule has 0 radical (unpaired) electrons. The maximum atomic E-state index is 13.4. The molecule has 7 heteroatoms. The third-order valence-electron chi connectivity index (χ3n) is 1.98. The van der Waals surface area contributed by atoms with E-state index in [-0.39, 0.29) is 5.56 Å². The van der Waals surface area contributed by atoms with Gasteiger partial charge in [-0.25, -0.2) is 4.39 Å². The lowest BCUT2D eigenvalue weighted by Crippen LogP contribution is -2.14. The van der Waals surface area contributed by atoms with Gasteiger partial charge in [-0.15, -0.1) is 10.2 Å². The molecular formula is C10H9FN4OS. The van der Waals surface area contributed by atoms with E-state index in [0.29, 0.717) is 15.8 Å². The minimum absolute atomic E-state index is 0.113. The van der Waals surface area contributed by atoms with Crippen LogP contribution in [0, 0.1) is 12.7 Å². The lowest BCUT2D eigenvalue weighted by molar-refractivity contribution is 0.102. The van der Waals surface area contributed by atoms with E-state index in [2.05, 4.69) is 15.5 Å². The maximum Gasteiger partial charge on any atom is 0.260 e. The van der Waals surface area contributed by atoms with Crippen LogP contribution in [0.4, 0.5) is 15.2 Å². The number of nitrogens with two attached hydrogens (primary N) is 1. The van der Waals surface area contributed by atoms with Gasteiger partial charge in [0.15, 0.2) is 0 Å². The van der Waals surface area contributed by atoms with Crippen molar-refractivity contribution in [1.82, 2.24) is 10.2 Å². The standard InChI is InChI=1S/C10H9FN4OS/c1-5-14-15-10(17-5)13-9(16)7-4-6(12)2-3-8(7)11/h2-4H,12H2,1H3,(H,13,15,16). The molecule has 17 heavy (non-hydrogen) atoms. The molecule has 0 aliphatic rings. The van der Waals surface area contributed by atoms with E-state index < -0.39 is 11.7 Å². The number of rotatable bonds is 2. The van der Waals surface area contributed by atoms with Crippen LogP contribution in [0.25, 0.3) is 0 Å². The molecule has 1 aromatic heterocycles. The lowest BCUT2D eigenvalue weighted by atomic mass is 10.2. The number of nitrogens with zero attached hydrogens (tertiary/aromatic N) is 2. The molecule has 0 fully saturated rings. The van der Waals surface area contributed by atoms with Crippen LogP contribution in [0.3, 0.4) is 0 Å². The van der Waals surface area contributed by atoms with Gasteiger partial charge in [0.05, 0.1) is 5.56 Å². The smallest absolute Gasteiger partial charge is 0.260 e. The Bertz CT molecular complexity index is 569. The largest absolute Gasteiger partial charge is 0.399 e. The molecule has 0 bridgehead atoms. The van der Waals surface area contributed by atoms with E-state index in [1.165, 1.54) is 23.5 Å². The molecule has 1 amide bonds. The van der Waals surface area contributed by atoms with Crippen molar-refractivity contribution in [3.63, 3.8) is 0 Å². The molecular weight excluding hydrogens is 243 g/mol. The first kappa shape index (κ1) is 11.5. The number of hydrogen-bond acceptors (Lipinski definition) is 5. The highest BCUT2D eigenvalue weighted by Crippen LogP contribution is 2.17. The first-order valence-corrected chi connectivity index (χ1v) is 5.54. The quantitative estimate of drug-likeness (QED) is 0.799. The van der Waals surface area contributed by atoms with Crippen LogP contribution < -0.4 is 11.1 Å². The average Bonchev–Trinajstić information content (AvgIpc) is 2.67. The Morgan fingerprint density at radius 1 is 1.47 bits per heavy atom. The normalized spacial score (nSPS) is 10.2. The fraction of sp³-hybridized carbons (Fsp3) is 0.100. The number of carbonyl (C=O) groups is 1. The van der Waals surface area contributed by atoms with Crippen LogP contribution in [0.1, 0.15) is 15.4 Å². The van der Waals surface area contributed by atoms with Crippen molar-refractivity contribution in [3.8, 4) is 0 Å². The SMILES string of the molecule is Cc1nnc(NC(=O)c2cc(N)ccc2F)s1. The monoisotopic (exact) mass is 252 g/mol. The summed E-state index contributed by atoms with van der Waals surface area (Å²) >= 11 is 1.21. The Kier molecular flexibility index (Phi) is 3.01. The summed E-state index contributed by atoms with van der Waals surface area (Å²) < 4.78 is 13.4. The number of aryl methyl sites for hydroxylation is 1. The summed E-state index contributed by atoms with van der Waals surface area (Å²) in [6.07, 6.45) is 0. The third-order valence-corrected chi connectivity index (χ3v) is 2.74. The molecule has 0 aliphatic heterocycles. The molecule has 3 N–H and O–H groups in total. The number of halogens is 1. The van der Waals surface area contributed by atoms with Gasteiger partial charge in [0.25, 0.3) is 5.91 Å². The third kappa shape index (κ3) is 2.56. The van der Waals surface area contributed by atoms with Crippen LogP contribution in [0.5, 0.6) is 0 Å². The Labute approximate surface area is 100 Å². The first-order valence-electron chi connectivity index (χ1n) is 4.73. The van der Waals surface area contributed by atoms with E-state index >= 15 is 0 Å². The molecule has 1 heterocycles. The summed E-state index contributed by atoms with van der Waals surface area (Å²) in [5.41, 5.74) is 5.70. The summed E-state index contributed by atoms with van der Waals surface area (Å²) in [5.74, 6) is -1.22. The number of nitrogen functional groups attached to an aromatic ring is 1. The van der Waals surface area contributed by atoms with Gasteiger partial charge in [0, 0.05) is 5.69 Å². The Hall–Kier alpha value is -2.02. The second-order valence-electron chi connectivity index (χ2n) is 3.32. The van der Waals surface area contributed by atoms with Crippen molar-refractivity contribution in [3.05, 3.63) is 34.6 Å². The molecule has 1 aromatic carbocycles. The Morgan fingerprint density at radius 3 is 2.88 bits per heavy atom. The minimum atomic E-state index is -0.627. The zero-order chi connectivity index (χ0) is 12.4. The molecule has 0 atom stereocenters. The van der Waals surface area contributed by atoms with E-state index in [9.17, 15) is 9.18 Å². The maximum absolute atomic E-state index is 13.4. The fourth-order valence-electron chi connectivity index (χ4n) is 1.23. The van der Waals surface area contributed by atoms with Crippen LogP contribution >= 0.6 is 11.3 Å².